The summed E-state index contributed by atoms with van der Waals surface area (Å²) < 4.78 is 3.26. The molecule has 0 bridgehead atoms. The molecule has 5 nitrogen and oxygen atoms in total. The van der Waals surface area contributed by atoms with Gasteiger partial charge in [-0.3, -0.25) is 9.20 Å². The van der Waals surface area contributed by atoms with Gasteiger partial charge in [-0.15, -0.1) is 0 Å². The van der Waals surface area contributed by atoms with Crippen molar-refractivity contribution >= 4 is 42.1 Å². The molecule has 1 fully saturated rings. The minimum atomic E-state index is 0.143. The van der Waals surface area contributed by atoms with Crippen LogP contribution in [0.3, 0.4) is 0 Å². The Morgan fingerprint density at radius 2 is 1.77 bits per heavy atom. The molecule has 2 aromatic rings. The Morgan fingerprint density at radius 1 is 1.16 bits per heavy atom. The second kappa shape index (κ2) is 11.2. The van der Waals surface area contributed by atoms with Gasteiger partial charge in [0.05, 0.1) is 11.3 Å². The van der Waals surface area contributed by atoms with Gasteiger partial charge in [-0.25, -0.2) is 4.98 Å². The maximum Gasteiger partial charge on any atom is 0.255 e. The number of fused-ring (bicyclic) bond motifs is 1. The third-order valence-electron chi connectivity index (χ3n) is 6.43. The number of amides is 1. The molecule has 0 saturated carbocycles. The number of imidazole rings is 1. The highest BCUT2D eigenvalue weighted by Gasteiger charge is 2.22. The number of piperidine rings is 1. The first-order valence-corrected chi connectivity index (χ1v) is 13.0. The van der Waals surface area contributed by atoms with Crippen molar-refractivity contribution in [2.45, 2.75) is 59.8 Å². The molecule has 0 spiro atoms. The zero-order valence-electron chi connectivity index (χ0n) is 19.9. The molecule has 0 unspecified atom stereocenters. The van der Waals surface area contributed by atoms with Gasteiger partial charge in [-0.1, -0.05) is 27.7 Å². The van der Waals surface area contributed by atoms with Gasteiger partial charge in [0.25, 0.3) is 5.91 Å². The lowest BCUT2D eigenvalue weighted by Gasteiger charge is -2.28. The minimum absolute atomic E-state index is 0.143. The first-order valence-electron chi connectivity index (χ1n) is 11.9. The Balaban J connectivity index is 1.77. The second-order valence-electron chi connectivity index (χ2n) is 10.1. The largest absolute Gasteiger partial charge is 0.349 e. The molecule has 1 aliphatic heterocycles. The number of rotatable bonds is 9. The molecule has 1 aliphatic rings. The predicted molar refractivity (Wildman–Crippen MR) is 139 cm³/mol. The van der Waals surface area contributed by atoms with Crippen LogP contribution in [0.15, 0.2) is 18.3 Å². The second-order valence-corrected chi connectivity index (χ2v) is 11.1. The molecule has 0 radical (unpaired) electrons. The highest BCUT2D eigenvalue weighted by molar-refractivity contribution is 14.1. The maximum atomic E-state index is 13.4. The van der Waals surface area contributed by atoms with E-state index in [1.165, 1.54) is 31.6 Å². The number of pyridine rings is 1. The topological polar surface area (TPSA) is 40.9 Å². The van der Waals surface area contributed by atoms with Crippen LogP contribution in [0.25, 0.3) is 5.65 Å². The standard InChI is InChI=1S/C24H38BIN4O/c1-17(2)7-11-28(12-8-18(3)4)24(31)20-5-6-22-27-21(23(26)30(22)16-20)15-19-9-13-29(25)14-10-19/h5-6,16-19H,7-15,25H2,1-4H3. The highest BCUT2D eigenvalue weighted by atomic mass is 127. The number of nitrogens with zero attached hydrogens (tertiary/aromatic N) is 4. The van der Waals surface area contributed by atoms with Gasteiger partial charge in [-0.05, 0) is 97.7 Å². The van der Waals surface area contributed by atoms with E-state index in [2.05, 4.69) is 67.5 Å². The molecule has 31 heavy (non-hydrogen) atoms. The van der Waals surface area contributed by atoms with Gasteiger partial charge >= 0.3 is 0 Å². The average molecular weight is 536 g/mol. The summed E-state index contributed by atoms with van der Waals surface area (Å²) in [7, 11) is 2.20. The van der Waals surface area contributed by atoms with Crippen molar-refractivity contribution in [1.82, 2.24) is 19.1 Å². The highest BCUT2D eigenvalue weighted by Crippen LogP contribution is 2.25. The monoisotopic (exact) mass is 536 g/mol. The lowest BCUT2D eigenvalue weighted by atomic mass is 9.91. The van der Waals surface area contributed by atoms with E-state index in [0.717, 1.165) is 47.3 Å². The van der Waals surface area contributed by atoms with E-state index in [1.54, 1.807) is 0 Å². The van der Waals surface area contributed by atoms with Crippen LogP contribution in [0.1, 0.15) is 69.4 Å². The van der Waals surface area contributed by atoms with Crippen molar-refractivity contribution in [3.63, 3.8) is 0 Å². The SMILES string of the molecule is BN1CCC(Cc2nc3ccc(C(=O)N(CCC(C)C)CCC(C)C)cn3c2I)CC1. The normalized spacial score (nSPS) is 16.0. The van der Waals surface area contributed by atoms with Crippen molar-refractivity contribution in [2.24, 2.45) is 17.8 Å². The number of hydrogen-bond donors (Lipinski definition) is 0. The summed E-state index contributed by atoms with van der Waals surface area (Å²) in [5.41, 5.74) is 2.89. The first-order chi connectivity index (χ1) is 14.7. The van der Waals surface area contributed by atoms with Crippen LogP contribution < -0.4 is 0 Å². The van der Waals surface area contributed by atoms with Crippen molar-refractivity contribution < 1.29 is 4.79 Å². The average Bonchev–Trinajstić information content (AvgIpc) is 3.04. The summed E-state index contributed by atoms with van der Waals surface area (Å²) in [6.07, 6.45) is 7.59. The molecule has 0 aromatic carbocycles. The minimum Gasteiger partial charge on any atom is -0.349 e. The van der Waals surface area contributed by atoms with Gasteiger partial charge in [-0.2, -0.15) is 0 Å². The third-order valence-corrected chi connectivity index (χ3v) is 7.58. The third kappa shape index (κ3) is 6.70. The lowest BCUT2D eigenvalue weighted by molar-refractivity contribution is 0.0740. The van der Waals surface area contributed by atoms with Gasteiger partial charge in [0.1, 0.15) is 9.35 Å². The van der Waals surface area contributed by atoms with E-state index in [0.29, 0.717) is 17.8 Å². The number of carbonyl (C=O) groups is 1. The molecule has 1 saturated heterocycles. The van der Waals surface area contributed by atoms with Gasteiger partial charge < -0.3 is 9.71 Å². The van der Waals surface area contributed by atoms with Gasteiger partial charge in [0, 0.05) is 19.3 Å². The fourth-order valence-corrected chi connectivity index (χ4v) is 4.91. The fourth-order valence-electron chi connectivity index (χ4n) is 4.19. The Bertz CT molecular complexity index is 862. The Kier molecular flexibility index (Phi) is 8.85. The first kappa shape index (κ1) is 24.6. The molecule has 3 rings (SSSR count). The number of halogens is 1. The molecule has 0 atom stereocenters. The van der Waals surface area contributed by atoms with E-state index in [9.17, 15) is 4.79 Å². The fraction of sp³-hybridized carbons (Fsp3) is 0.667. The van der Waals surface area contributed by atoms with Crippen molar-refractivity contribution in [2.75, 3.05) is 26.2 Å². The Hall–Kier alpha value is -1.09. The Labute approximate surface area is 202 Å². The van der Waals surface area contributed by atoms with Crippen molar-refractivity contribution in [3.05, 3.63) is 33.3 Å². The molecule has 2 aromatic heterocycles. The molecule has 1 amide bonds. The van der Waals surface area contributed by atoms with E-state index in [1.807, 2.05) is 23.2 Å². The number of hydrogen-bond acceptors (Lipinski definition) is 3. The molecule has 0 aliphatic carbocycles. The molecule has 170 valence electrons. The van der Waals surface area contributed by atoms with Crippen molar-refractivity contribution in [1.29, 1.82) is 0 Å². The summed E-state index contributed by atoms with van der Waals surface area (Å²) in [5, 5.41) is 0. The van der Waals surface area contributed by atoms with Crippen molar-refractivity contribution in [3.8, 4) is 0 Å². The summed E-state index contributed by atoms with van der Waals surface area (Å²) in [5.74, 6) is 2.03. The quantitative estimate of drug-likeness (QED) is 0.355. The van der Waals surface area contributed by atoms with Crippen LogP contribution in [0.2, 0.25) is 0 Å². The van der Waals surface area contributed by atoms with Gasteiger partial charge in [0.15, 0.2) is 7.98 Å². The number of carbonyl (C=O) groups excluding carboxylic acids is 1. The van der Waals surface area contributed by atoms with Crippen LogP contribution in [-0.4, -0.2) is 59.2 Å². The molecule has 0 N–H and O–H groups in total. The molecular formula is C24H38BIN4O. The van der Waals surface area contributed by atoms with Crippen LogP contribution in [0, 0.1) is 21.5 Å². The maximum absolute atomic E-state index is 13.4. The van der Waals surface area contributed by atoms with Crippen LogP contribution in [-0.2, 0) is 6.42 Å². The summed E-state index contributed by atoms with van der Waals surface area (Å²) >= 11 is 2.41. The summed E-state index contributed by atoms with van der Waals surface area (Å²) in [6.45, 7) is 12.9. The van der Waals surface area contributed by atoms with E-state index in [-0.39, 0.29) is 5.91 Å². The van der Waals surface area contributed by atoms with Crippen LogP contribution >= 0.6 is 22.6 Å². The van der Waals surface area contributed by atoms with E-state index >= 15 is 0 Å². The lowest BCUT2D eigenvalue weighted by Crippen LogP contribution is -2.34. The van der Waals surface area contributed by atoms with Crippen LogP contribution in [0.4, 0.5) is 0 Å². The zero-order chi connectivity index (χ0) is 22.5. The Morgan fingerprint density at radius 3 is 2.35 bits per heavy atom. The summed E-state index contributed by atoms with van der Waals surface area (Å²) in [4.78, 5) is 22.7. The predicted octanol–water partition coefficient (Wildman–Crippen LogP) is 4.28. The molecular weight excluding hydrogens is 498 g/mol. The van der Waals surface area contributed by atoms with Crippen LogP contribution in [0.5, 0.6) is 0 Å². The smallest absolute Gasteiger partial charge is 0.255 e. The zero-order valence-corrected chi connectivity index (χ0v) is 22.1. The number of aromatic nitrogens is 2. The van der Waals surface area contributed by atoms with E-state index in [4.69, 9.17) is 4.98 Å². The summed E-state index contributed by atoms with van der Waals surface area (Å²) in [6, 6.07) is 3.97. The molecule has 7 heteroatoms. The van der Waals surface area contributed by atoms with Gasteiger partial charge in [0.2, 0.25) is 0 Å². The molecule has 3 heterocycles. The van der Waals surface area contributed by atoms with E-state index < -0.39 is 0 Å².